The number of aromatic nitrogens is 2. The fourth-order valence-electron chi connectivity index (χ4n) is 3.19. The highest BCUT2D eigenvalue weighted by Gasteiger charge is 2.25. The van der Waals surface area contributed by atoms with Gasteiger partial charge in [0.15, 0.2) is 17.3 Å². The number of rotatable bonds is 4. The van der Waals surface area contributed by atoms with E-state index in [9.17, 15) is 4.79 Å². The molecule has 0 saturated carbocycles. The fourth-order valence-corrected chi connectivity index (χ4v) is 3.19. The first kappa shape index (κ1) is 14.6. The number of furan rings is 1. The molecule has 0 unspecified atom stereocenters. The molecule has 0 radical (unpaired) electrons. The van der Waals surface area contributed by atoms with Crippen LogP contribution in [0, 0.1) is 0 Å². The maximum Gasteiger partial charge on any atom is 0.289 e. The molecule has 1 aliphatic rings. The summed E-state index contributed by atoms with van der Waals surface area (Å²) in [6.07, 6.45) is 1.47. The lowest BCUT2D eigenvalue weighted by molar-refractivity contribution is 0.0714. The number of hydrogen-bond donors (Lipinski definition) is 1. The van der Waals surface area contributed by atoms with Crippen molar-refractivity contribution in [2.24, 2.45) is 0 Å². The Morgan fingerprint density at radius 2 is 2.00 bits per heavy atom. The van der Waals surface area contributed by atoms with Gasteiger partial charge in [-0.05, 0) is 18.2 Å². The maximum absolute atomic E-state index is 12.4. The van der Waals surface area contributed by atoms with Gasteiger partial charge in [-0.2, -0.15) is 4.98 Å². The molecule has 2 aromatic heterocycles. The van der Waals surface area contributed by atoms with Crippen molar-refractivity contribution in [3.8, 4) is 11.5 Å². The minimum Gasteiger partial charge on any atom is -0.493 e. The van der Waals surface area contributed by atoms with Gasteiger partial charge in [-0.25, -0.2) is 4.98 Å². The Hall–Kier alpha value is -3.49. The number of nitrogens with zero attached hydrogens (tertiary/aromatic N) is 4. The lowest BCUT2D eigenvalue weighted by Crippen LogP contribution is -2.49. The number of fused-ring (bicyclic) bond motifs is 1. The van der Waals surface area contributed by atoms with Crippen LogP contribution in [-0.2, 0) is 0 Å². The van der Waals surface area contributed by atoms with E-state index in [0.717, 1.165) is 0 Å². The highest BCUT2D eigenvalue weighted by molar-refractivity contribution is 5.92. The Morgan fingerprint density at radius 3 is 2.68 bits per heavy atom. The Bertz CT molecular complexity index is 1100. The fraction of sp³-hybridized carbons (Fsp3) is 0.316. The van der Waals surface area contributed by atoms with Crippen LogP contribution >= 0.6 is 0 Å². The third kappa shape index (κ3) is 3.15. The molecule has 9 heteroatoms. The third-order valence-electron chi connectivity index (χ3n) is 4.69. The van der Waals surface area contributed by atoms with Crippen molar-refractivity contribution >= 4 is 28.6 Å². The number of carbonyl (C=O) groups is 1. The number of piperazine rings is 1. The average Bonchev–Trinajstić information content (AvgIpc) is 3.26. The summed E-state index contributed by atoms with van der Waals surface area (Å²) in [5.74, 6) is 1.01. The predicted molar refractivity (Wildman–Crippen MR) is 104 cm³/mol. The molecule has 1 aliphatic heterocycles. The second-order valence-electron chi connectivity index (χ2n) is 6.29. The Labute approximate surface area is 165 Å². The summed E-state index contributed by atoms with van der Waals surface area (Å²) in [5.41, 5.74) is 6.57. The van der Waals surface area contributed by atoms with E-state index in [4.69, 9.17) is 23.7 Å². The second-order valence-corrected chi connectivity index (χ2v) is 6.29. The smallest absolute Gasteiger partial charge is 0.289 e. The molecule has 0 atom stereocenters. The number of nitrogen functional groups attached to an aromatic ring is 1. The Morgan fingerprint density at radius 1 is 1.21 bits per heavy atom. The molecule has 1 aromatic carbocycles. The van der Waals surface area contributed by atoms with Crippen molar-refractivity contribution in [3.05, 3.63) is 36.3 Å². The van der Waals surface area contributed by atoms with Crippen molar-refractivity contribution in [1.82, 2.24) is 14.9 Å². The lowest BCUT2D eigenvalue weighted by Gasteiger charge is -2.34. The summed E-state index contributed by atoms with van der Waals surface area (Å²) in [7, 11) is -1.23. The number of amides is 1. The zero-order valence-electron chi connectivity index (χ0n) is 18.2. The van der Waals surface area contributed by atoms with E-state index in [0.29, 0.717) is 48.8 Å². The van der Waals surface area contributed by atoms with Gasteiger partial charge < -0.3 is 29.4 Å². The van der Waals surface area contributed by atoms with Crippen molar-refractivity contribution in [2.45, 2.75) is 0 Å². The highest BCUT2D eigenvalue weighted by Crippen LogP contribution is 2.34. The Kier molecular flexibility index (Phi) is 3.77. The zero-order chi connectivity index (χ0) is 22.2. The van der Waals surface area contributed by atoms with Gasteiger partial charge in [0, 0.05) is 37.6 Å². The van der Waals surface area contributed by atoms with Crippen molar-refractivity contribution in [1.29, 1.82) is 0 Å². The van der Waals surface area contributed by atoms with Gasteiger partial charge in [0.2, 0.25) is 5.95 Å². The molecule has 28 heavy (non-hydrogen) atoms. The summed E-state index contributed by atoms with van der Waals surface area (Å²) in [4.78, 5) is 25.0. The van der Waals surface area contributed by atoms with E-state index < -0.39 is 7.04 Å². The van der Waals surface area contributed by atoms with E-state index in [1.807, 2.05) is 4.90 Å². The normalized spacial score (nSPS) is 16.4. The SMILES string of the molecule is [2H]C([2H])([2H])Oc1cc2nc(N3CCN(C(=O)c4ccco4)CC3)nc(N)c2cc1OC. The number of carbonyl (C=O) groups excluding carboxylic acids is 1. The van der Waals surface area contributed by atoms with Gasteiger partial charge >= 0.3 is 0 Å². The molecular weight excluding hydrogens is 362 g/mol. The van der Waals surface area contributed by atoms with Gasteiger partial charge in [-0.15, -0.1) is 0 Å². The summed E-state index contributed by atoms with van der Waals surface area (Å²) in [5, 5.41) is 0.519. The minimum absolute atomic E-state index is 0.0351. The van der Waals surface area contributed by atoms with E-state index in [2.05, 4.69) is 9.97 Å². The van der Waals surface area contributed by atoms with Gasteiger partial charge in [0.05, 0.1) is 30.0 Å². The monoisotopic (exact) mass is 386 g/mol. The number of benzene rings is 1. The van der Waals surface area contributed by atoms with Gasteiger partial charge in [-0.3, -0.25) is 4.79 Å². The number of methoxy groups -OCH3 is 2. The quantitative estimate of drug-likeness (QED) is 0.723. The maximum atomic E-state index is 12.4. The largest absolute Gasteiger partial charge is 0.493 e. The van der Waals surface area contributed by atoms with Crippen LogP contribution in [0.3, 0.4) is 0 Å². The van der Waals surface area contributed by atoms with Crippen LogP contribution in [0.4, 0.5) is 11.8 Å². The number of ether oxygens (including phenoxy) is 2. The van der Waals surface area contributed by atoms with Crippen LogP contribution in [-0.4, -0.2) is 61.1 Å². The minimum atomic E-state index is -2.64. The van der Waals surface area contributed by atoms with Crippen LogP contribution < -0.4 is 20.1 Å². The van der Waals surface area contributed by atoms with Crippen LogP contribution in [0.25, 0.3) is 10.9 Å². The molecule has 1 saturated heterocycles. The first-order valence-electron chi connectivity index (χ1n) is 10.2. The molecule has 0 aliphatic carbocycles. The first-order chi connectivity index (χ1) is 14.7. The highest BCUT2D eigenvalue weighted by atomic mass is 16.5. The van der Waals surface area contributed by atoms with Crippen molar-refractivity contribution < 1.29 is 22.8 Å². The lowest BCUT2D eigenvalue weighted by atomic mass is 10.2. The van der Waals surface area contributed by atoms with Gasteiger partial charge in [-0.1, -0.05) is 0 Å². The summed E-state index contributed by atoms with van der Waals surface area (Å²) in [6, 6.07) is 6.33. The standard InChI is InChI=1S/C19H21N5O4/c1-26-15-10-12-13(11-16(15)27-2)21-19(22-17(12)20)24-7-5-23(6-8-24)18(25)14-4-3-9-28-14/h3-4,9-11H,5-8H2,1-2H3,(H2,20,21,22)/i2D3. The first-order valence-corrected chi connectivity index (χ1v) is 8.67. The molecule has 1 amide bonds. The van der Waals surface area contributed by atoms with Crippen LogP contribution in [0.15, 0.2) is 34.9 Å². The molecule has 2 N–H and O–H groups in total. The van der Waals surface area contributed by atoms with Crippen LogP contribution in [0.2, 0.25) is 0 Å². The number of anilines is 2. The summed E-state index contributed by atoms with van der Waals surface area (Å²) < 4.78 is 37.5. The molecule has 9 nitrogen and oxygen atoms in total. The zero-order valence-corrected chi connectivity index (χ0v) is 15.2. The van der Waals surface area contributed by atoms with Crippen molar-refractivity contribution in [2.75, 3.05) is 51.0 Å². The van der Waals surface area contributed by atoms with E-state index in [-0.39, 0.29) is 23.2 Å². The topological polar surface area (TPSA) is 107 Å². The molecule has 0 bridgehead atoms. The van der Waals surface area contributed by atoms with Gasteiger partial charge in [0.1, 0.15) is 5.82 Å². The average molecular weight is 386 g/mol. The molecule has 3 aromatic rings. The number of nitrogens with two attached hydrogens (primary N) is 1. The predicted octanol–water partition coefficient (Wildman–Crippen LogP) is 1.78. The molecule has 0 spiro atoms. The Balaban J connectivity index is 1.58. The van der Waals surface area contributed by atoms with E-state index >= 15 is 0 Å². The van der Waals surface area contributed by atoms with Crippen LogP contribution in [0.1, 0.15) is 14.7 Å². The summed E-state index contributed by atoms with van der Waals surface area (Å²) >= 11 is 0. The van der Waals surface area contributed by atoms with Gasteiger partial charge in [0.25, 0.3) is 5.91 Å². The summed E-state index contributed by atoms with van der Waals surface area (Å²) in [6.45, 7) is 1.95. The van der Waals surface area contributed by atoms with E-state index in [1.54, 1.807) is 23.1 Å². The van der Waals surface area contributed by atoms with Crippen LogP contribution in [0.5, 0.6) is 11.5 Å². The molecule has 4 rings (SSSR count). The molecule has 146 valence electrons. The third-order valence-corrected chi connectivity index (χ3v) is 4.69. The van der Waals surface area contributed by atoms with E-state index in [1.165, 1.54) is 19.4 Å². The molecular formula is C19H21N5O4. The second kappa shape index (κ2) is 7.26. The number of hydrogen-bond acceptors (Lipinski definition) is 8. The molecule has 1 fully saturated rings. The van der Waals surface area contributed by atoms with Crippen molar-refractivity contribution in [3.63, 3.8) is 0 Å². The molecule has 3 heterocycles.